The Morgan fingerprint density at radius 1 is 1.38 bits per heavy atom. The minimum absolute atomic E-state index is 0.139. The van der Waals surface area contributed by atoms with Crippen LogP contribution in [0.1, 0.15) is 16.8 Å². The topological polar surface area (TPSA) is 79.3 Å². The van der Waals surface area contributed by atoms with Crippen LogP contribution in [0.5, 0.6) is 0 Å². The van der Waals surface area contributed by atoms with Gasteiger partial charge in [0.25, 0.3) is 5.91 Å². The average Bonchev–Trinajstić information content (AvgIpc) is 2.47. The van der Waals surface area contributed by atoms with Gasteiger partial charge >= 0.3 is 5.97 Å². The molecule has 5 nitrogen and oxygen atoms in total. The molecule has 0 spiro atoms. The van der Waals surface area contributed by atoms with Crippen molar-refractivity contribution in [1.29, 1.82) is 0 Å². The highest BCUT2D eigenvalue weighted by Gasteiger charge is 2.21. The molecule has 1 atom stereocenters. The molecule has 2 rings (SSSR count). The number of carboxylic acid groups (broad SMARTS) is 1. The SMILES string of the molecule is C=CCC(NC(=O)c1cnc(Cl)c2ccccc12)C(=O)O. The fraction of sp³-hybridized carbons (Fsp3) is 0.133. The summed E-state index contributed by atoms with van der Waals surface area (Å²) < 4.78 is 0. The van der Waals surface area contributed by atoms with E-state index >= 15 is 0 Å². The largest absolute Gasteiger partial charge is 0.480 e. The van der Waals surface area contributed by atoms with Gasteiger partial charge in [-0.1, -0.05) is 41.9 Å². The van der Waals surface area contributed by atoms with Gasteiger partial charge in [-0.25, -0.2) is 9.78 Å². The Labute approximate surface area is 126 Å². The maximum absolute atomic E-state index is 12.3. The summed E-state index contributed by atoms with van der Waals surface area (Å²) in [6.45, 7) is 3.48. The molecule has 1 heterocycles. The number of rotatable bonds is 5. The van der Waals surface area contributed by atoms with Crippen LogP contribution in [0.3, 0.4) is 0 Å². The molecule has 0 aliphatic rings. The molecule has 1 aromatic carbocycles. The van der Waals surface area contributed by atoms with Gasteiger partial charge in [0.05, 0.1) is 5.56 Å². The number of nitrogens with zero attached hydrogens (tertiary/aromatic N) is 1. The van der Waals surface area contributed by atoms with E-state index in [1.807, 2.05) is 0 Å². The minimum atomic E-state index is -1.12. The van der Waals surface area contributed by atoms with Gasteiger partial charge in [-0.3, -0.25) is 4.79 Å². The fourth-order valence-corrected chi connectivity index (χ4v) is 2.18. The predicted molar refractivity (Wildman–Crippen MR) is 80.5 cm³/mol. The number of amides is 1. The summed E-state index contributed by atoms with van der Waals surface area (Å²) in [5, 5.41) is 13.1. The van der Waals surface area contributed by atoms with Crippen molar-refractivity contribution in [3.8, 4) is 0 Å². The summed E-state index contributed by atoms with van der Waals surface area (Å²) in [7, 11) is 0. The number of pyridine rings is 1. The molecule has 0 aliphatic heterocycles. The van der Waals surface area contributed by atoms with E-state index in [-0.39, 0.29) is 12.0 Å². The van der Waals surface area contributed by atoms with Gasteiger partial charge in [-0.15, -0.1) is 6.58 Å². The van der Waals surface area contributed by atoms with Crippen molar-refractivity contribution in [1.82, 2.24) is 10.3 Å². The van der Waals surface area contributed by atoms with Gasteiger partial charge in [-0.2, -0.15) is 0 Å². The molecule has 1 amide bonds. The van der Waals surface area contributed by atoms with Crippen LogP contribution >= 0.6 is 11.6 Å². The van der Waals surface area contributed by atoms with Gasteiger partial charge in [0.15, 0.2) is 0 Å². The molecule has 2 aromatic rings. The highest BCUT2D eigenvalue weighted by molar-refractivity contribution is 6.34. The number of aromatic nitrogens is 1. The van der Waals surface area contributed by atoms with Crippen molar-refractivity contribution < 1.29 is 14.7 Å². The smallest absolute Gasteiger partial charge is 0.326 e. The van der Waals surface area contributed by atoms with Crippen LogP contribution < -0.4 is 5.32 Å². The summed E-state index contributed by atoms with van der Waals surface area (Å²) in [6.07, 6.45) is 2.92. The van der Waals surface area contributed by atoms with E-state index in [0.717, 1.165) is 0 Å². The van der Waals surface area contributed by atoms with Crippen molar-refractivity contribution in [3.05, 3.63) is 53.8 Å². The van der Waals surface area contributed by atoms with E-state index in [4.69, 9.17) is 16.7 Å². The Kier molecular flexibility index (Phi) is 4.55. The number of hydrogen-bond donors (Lipinski definition) is 2. The summed E-state index contributed by atoms with van der Waals surface area (Å²) in [4.78, 5) is 27.3. The maximum Gasteiger partial charge on any atom is 0.326 e. The summed E-state index contributed by atoms with van der Waals surface area (Å²) in [5.74, 6) is -1.63. The molecule has 0 aliphatic carbocycles. The lowest BCUT2D eigenvalue weighted by Crippen LogP contribution is -2.40. The standard InChI is InChI=1S/C15H13ClN2O3/c1-2-5-12(15(20)21)18-14(19)11-8-17-13(16)10-7-4-3-6-9(10)11/h2-4,6-8,12H,1,5H2,(H,18,19)(H,20,21). The Balaban J connectivity index is 2.38. The summed E-state index contributed by atoms with van der Waals surface area (Å²) in [6, 6.07) is 6.02. The van der Waals surface area contributed by atoms with Crippen LogP contribution in [0.4, 0.5) is 0 Å². The Bertz CT molecular complexity index is 715. The first kappa shape index (κ1) is 15.0. The lowest BCUT2D eigenvalue weighted by molar-refractivity contribution is -0.139. The monoisotopic (exact) mass is 304 g/mol. The van der Waals surface area contributed by atoms with Gasteiger partial charge in [0.2, 0.25) is 0 Å². The molecule has 1 aromatic heterocycles. The number of benzene rings is 1. The second-order valence-electron chi connectivity index (χ2n) is 4.40. The number of fused-ring (bicyclic) bond motifs is 1. The predicted octanol–water partition coefficient (Wildman–Crippen LogP) is 2.65. The van der Waals surface area contributed by atoms with Gasteiger partial charge in [-0.05, 0) is 11.8 Å². The quantitative estimate of drug-likeness (QED) is 0.657. The van der Waals surface area contributed by atoms with Gasteiger partial charge in [0.1, 0.15) is 11.2 Å². The Morgan fingerprint density at radius 2 is 2.05 bits per heavy atom. The average molecular weight is 305 g/mol. The fourth-order valence-electron chi connectivity index (χ4n) is 1.96. The van der Waals surface area contributed by atoms with Crippen molar-refractivity contribution in [2.24, 2.45) is 0 Å². The highest BCUT2D eigenvalue weighted by atomic mass is 35.5. The lowest BCUT2D eigenvalue weighted by Gasteiger charge is -2.13. The van der Waals surface area contributed by atoms with Gasteiger partial charge in [0, 0.05) is 11.6 Å². The second kappa shape index (κ2) is 6.37. The van der Waals surface area contributed by atoms with E-state index in [0.29, 0.717) is 15.9 Å². The first-order valence-electron chi connectivity index (χ1n) is 6.22. The number of hydrogen-bond acceptors (Lipinski definition) is 3. The number of carbonyl (C=O) groups excluding carboxylic acids is 1. The number of aliphatic carboxylic acids is 1. The van der Waals surface area contributed by atoms with Crippen molar-refractivity contribution in [3.63, 3.8) is 0 Å². The second-order valence-corrected chi connectivity index (χ2v) is 4.75. The van der Waals surface area contributed by atoms with Crippen LogP contribution in [0.15, 0.2) is 43.1 Å². The molecule has 108 valence electrons. The number of nitrogens with one attached hydrogen (secondary N) is 1. The first-order chi connectivity index (χ1) is 10.0. The third-order valence-corrected chi connectivity index (χ3v) is 3.30. The molecular weight excluding hydrogens is 292 g/mol. The molecule has 0 bridgehead atoms. The zero-order chi connectivity index (χ0) is 15.4. The van der Waals surface area contributed by atoms with E-state index in [2.05, 4.69) is 16.9 Å². The van der Waals surface area contributed by atoms with Crippen LogP contribution in [0.2, 0.25) is 5.15 Å². The normalized spacial score (nSPS) is 11.9. The highest BCUT2D eigenvalue weighted by Crippen LogP contribution is 2.24. The van der Waals surface area contributed by atoms with Crippen LogP contribution in [-0.2, 0) is 4.79 Å². The summed E-state index contributed by atoms with van der Waals surface area (Å²) >= 11 is 5.99. The molecule has 0 fully saturated rings. The maximum atomic E-state index is 12.3. The third-order valence-electron chi connectivity index (χ3n) is 3.00. The van der Waals surface area contributed by atoms with Crippen molar-refractivity contribution >= 4 is 34.2 Å². The summed E-state index contributed by atoms with van der Waals surface area (Å²) in [5.41, 5.74) is 0.283. The number of carboxylic acids is 1. The third kappa shape index (κ3) is 3.20. The van der Waals surface area contributed by atoms with E-state index in [9.17, 15) is 9.59 Å². The number of carbonyl (C=O) groups is 2. The Morgan fingerprint density at radius 3 is 2.67 bits per heavy atom. The molecular formula is C15H13ClN2O3. The zero-order valence-electron chi connectivity index (χ0n) is 11.0. The lowest BCUT2D eigenvalue weighted by atomic mass is 10.1. The zero-order valence-corrected chi connectivity index (χ0v) is 11.8. The first-order valence-corrected chi connectivity index (χ1v) is 6.60. The van der Waals surface area contributed by atoms with Crippen LogP contribution in [-0.4, -0.2) is 28.0 Å². The van der Waals surface area contributed by atoms with Crippen molar-refractivity contribution in [2.75, 3.05) is 0 Å². The molecule has 2 N–H and O–H groups in total. The van der Waals surface area contributed by atoms with E-state index in [1.165, 1.54) is 12.3 Å². The van der Waals surface area contributed by atoms with Crippen molar-refractivity contribution in [2.45, 2.75) is 12.5 Å². The molecule has 1 unspecified atom stereocenters. The van der Waals surface area contributed by atoms with E-state index in [1.54, 1.807) is 24.3 Å². The minimum Gasteiger partial charge on any atom is -0.480 e. The molecule has 21 heavy (non-hydrogen) atoms. The molecule has 0 radical (unpaired) electrons. The Hall–Kier alpha value is -2.40. The number of halogens is 1. The molecule has 0 saturated carbocycles. The molecule has 0 saturated heterocycles. The van der Waals surface area contributed by atoms with Crippen LogP contribution in [0, 0.1) is 0 Å². The van der Waals surface area contributed by atoms with Crippen LogP contribution in [0.25, 0.3) is 10.8 Å². The van der Waals surface area contributed by atoms with Gasteiger partial charge < -0.3 is 10.4 Å². The molecule has 6 heteroatoms. The van der Waals surface area contributed by atoms with E-state index < -0.39 is 17.9 Å².